The Morgan fingerprint density at radius 3 is 2.70 bits per heavy atom. The van der Waals surface area contributed by atoms with Gasteiger partial charge < -0.3 is 24.2 Å². The number of rotatable bonds is 4. The first kappa shape index (κ1) is 16.0. The molecule has 1 amide bonds. The second kappa shape index (κ2) is 5.65. The highest BCUT2D eigenvalue weighted by atomic mass is 16.4. The van der Waals surface area contributed by atoms with Crippen molar-refractivity contribution in [3.05, 3.63) is 23.7 Å². The molecule has 1 N–H and O–H groups in total. The summed E-state index contributed by atoms with van der Waals surface area (Å²) in [5, 5.41) is 9.67. The number of aliphatic carboxylic acids is 1. The Hall–Kier alpha value is -1.86. The summed E-state index contributed by atoms with van der Waals surface area (Å²) in [7, 11) is 5.78. The first-order chi connectivity index (χ1) is 10.8. The van der Waals surface area contributed by atoms with E-state index >= 15 is 0 Å². The average Bonchev–Trinajstić information content (AvgIpc) is 3.09. The Labute approximate surface area is 135 Å². The number of hydrogen-bond acceptors (Lipinski definition) is 5. The number of fused-ring (bicyclic) bond motifs is 1. The molecular weight excluding hydrogens is 298 g/mol. The third-order valence-corrected chi connectivity index (χ3v) is 4.84. The highest BCUT2D eigenvalue weighted by Crippen LogP contribution is 2.42. The molecule has 2 aliphatic heterocycles. The molecule has 3 heterocycles. The summed E-state index contributed by atoms with van der Waals surface area (Å²) in [6.07, 6.45) is 0. The summed E-state index contributed by atoms with van der Waals surface area (Å²) in [5.74, 6) is -0.0335. The SMILES string of the molecule is CN(C)Cc1ccc(C(=O)N2C[C@@H]3CN(C)C[C@]3(C(=O)O)C2)o1. The van der Waals surface area contributed by atoms with E-state index in [0.29, 0.717) is 26.2 Å². The summed E-state index contributed by atoms with van der Waals surface area (Å²) in [4.78, 5) is 30.0. The number of likely N-dealkylation sites (tertiary alicyclic amines) is 2. The van der Waals surface area contributed by atoms with Crippen LogP contribution >= 0.6 is 0 Å². The van der Waals surface area contributed by atoms with Crippen molar-refractivity contribution >= 4 is 11.9 Å². The number of carboxylic acid groups (broad SMARTS) is 1. The van der Waals surface area contributed by atoms with Gasteiger partial charge in [0.05, 0.1) is 6.54 Å². The average molecular weight is 321 g/mol. The van der Waals surface area contributed by atoms with Gasteiger partial charge >= 0.3 is 5.97 Å². The van der Waals surface area contributed by atoms with Crippen LogP contribution in [0, 0.1) is 11.3 Å². The van der Waals surface area contributed by atoms with Crippen molar-refractivity contribution in [2.24, 2.45) is 11.3 Å². The molecule has 2 fully saturated rings. The van der Waals surface area contributed by atoms with E-state index in [1.54, 1.807) is 17.0 Å². The third-order valence-electron chi connectivity index (χ3n) is 4.84. The van der Waals surface area contributed by atoms with Crippen LogP contribution in [0.2, 0.25) is 0 Å². The van der Waals surface area contributed by atoms with Crippen molar-refractivity contribution in [3.8, 4) is 0 Å². The number of nitrogens with zero attached hydrogens (tertiary/aromatic N) is 3. The van der Waals surface area contributed by atoms with Crippen LogP contribution in [0.1, 0.15) is 16.3 Å². The van der Waals surface area contributed by atoms with E-state index in [1.165, 1.54) is 0 Å². The lowest BCUT2D eigenvalue weighted by atomic mass is 9.81. The number of hydrogen-bond donors (Lipinski definition) is 1. The predicted molar refractivity (Wildman–Crippen MR) is 83.1 cm³/mol. The maximum atomic E-state index is 12.6. The zero-order valence-electron chi connectivity index (χ0n) is 13.8. The summed E-state index contributed by atoms with van der Waals surface area (Å²) in [5.41, 5.74) is -0.844. The molecule has 0 saturated carbocycles. The van der Waals surface area contributed by atoms with Crippen molar-refractivity contribution in [1.82, 2.24) is 14.7 Å². The normalized spacial score (nSPS) is 27.7. The second-order valence-corrected chi connectivity index (χ2v) is 7.04. The van der Waals surface area contributed by atoms with Gasteiger partial charge in [0.2, 0.25) is 0 Å². The van der Waals surface area contributed by atoms with Crippen LogP contribution in [0.5, 0.6) is 0 Å². The van der Waals surface area contributed by atoms with Crippen molar-refractivity contribution in [3.63, 3.8) is 0 Å². The monoisotopic (exact) mass is 321 g/mol. The summed E-state index contributed by atoms with van der Waals surface area (Å²) < 4.78 is 5.61. The van der Waals surface area contributed by atoms with Crippen LogP contribution in [-0.4, -0.2) is 79.0 Å². The molecule has 0 unspecified atom stereocenters. The number of carboxylic acids is 1. The Morgan fingerprint density at radius 1 is 1.35 bits per heavy atom. The van der Waals surface area contributed by atoms with E-state index in [4.69, 9.17) is 4.42 Å². The molecule has 2 atom stereocenters. The van der Waals surface area contributed by atoms with Gasteiger partial charge in [-0.2, -0.15) is 0 Å². The van der Waals surface area contributed by atoms with Crippen LogP contribution in [0.15, 0.2) is 16.5 Å². The molecule has 0 radical (unpaired) electrons. The molecule has 3 rings (SSSR count). The quantitative estimate of drug-likeness (QED) is 0.866. The molecule has 1 aromatic heterocycles. The molecule has 126 valence electrons. The standard InChI is InChI=1S/C16H23N3O4/c1-17(2)8-12-4-5-13(23-12)14(20)19-7-11-6-18(3)9-16(11,10-19)15(21)22/h4-5,11H,6-10H2,1-3H3,(H,21,22)/t11-,16-/m0/s1. The van der Waals surface area contributed by atoms with E-state index in [9.17, 15) is 14.7 Å². The summed E-state index contributed by atoms with van der Waals surface area (Å²) in [6.45, 7) is 2.54. The topological polar surface area (TPSA) is 77.2 Å². The molecule has 0 aromatic carbocycles. The molecule has 0 spiro atoms. The number of carbonyl (C=O) groups is 2. The fourth-order valence-electron chi connectivity index (χ4n) is 3.82. The minimum absolute atomic E-state index is 0.0230. The number of carbonyl (C=O) groups excluding carboxylic acids is 1. The largest absolute Gasteiger partial charge is 0.481 e. The van der Waals surface area contributed by atoms with Crippen molar-refractivity contribution in [2.45, 2.75) is 6.54 Å². The van der Waals surface area contributed by atoms with Gasteiger partial charge in [0.15, 0.2) is 5.76 Å². The van der Waals surface area contributed by atoms with Crippen LogP contribution in [0.4, 0.5) is 0 Å². The smallest absolute Gasteiger partial charge is 0.313 e. The van der Waals surface area contributed by atoms with Gasteiger partial charge in [-0.1, -0.05) is 0 Å². The lowest BCUT2D eigenvalue weighted by Crippen LogP contribution is -2.41. The molecular formula is C16H23N3O4. The van der Waals surface area contributed by atoms with Gasteiger partial charge in [0.25, 0.3) is 5.91 Å². The van der Waals surface area contributed by atoms with Gasteiger partial charge in [-0.15, -0.1) is 0 Å². The van der Waals surface area contributed by atoms with Crippen LogP contribution in [-0.2, 0) is 11.3 Å². The summed E-state index contributed by atoms with van der Waals surface area (Å²) >= 11 is 0. The fourth-order valence-corrected chi connectivity index (χ4v) is 3.82. The molecule has 7 nitrogen and oxygen atoms in total. The Balaban J connectivity index is 1.75. The van der Waals surface area contributed by atoms with Crippen molar-refractivity contribution in [1.29, 1.82) is 0 Å². The van der Waals surface area contributed by atoms with Crippen molar-refractivity contribution < 1.29 is 19.1 Å². The first-order valence-corrected chi connectivity index (χ1v) is 7.76. The van der Waals surface area contributed by atoms with Crippen LogP contribution < -0.4 is 0 Å². The van der Waals surface area contributed by atoms with Gasteiger partial charge in [-0.25, -0.2) is 0 Å². The molecule has 0 bridgehead atoms. The second-order valence-electron chi connectivity index (χ2n) is 7.04. The number of amides is 1. The van der Waals surface area contributed by atoms with E-state index in [1.807, 2.05) is 30.9 Å². The summed E-state index contributed by atoms with van der Waals surface area (Å²) in [6, 6.07) is 3.47. The first-order valence-electron chi connectivity index (χ1n) is 7.76. The molecule has 1 aromatic rings. The van der Waals surface area contributed by atoms with Gasteiger partial charge in [-0.05, 0) is 33.3 Å². The molecule has 7 heteroatoms. The minimum Gasteiger partial charge on any atom is -0.481 e. The third kappa shape index (κ3) is 2.74. The van der Waals surface area contributed by atoms with Gasteiger partial charge in [0, 0.05) is 32.1 Å². The van der Waals surface area contributed by atoms with Gasteiger partial charge in [0.1, 0.15) is 11.2 Å². The zero-order valence-corrected chi connectivity index (χ0v) is 13.8. The lowest BCUT2D eigenvalue weighted by Gasteiger charge is -2.23. The Kier molecular flexibility index (Phi) is 3.93. The van der Waals surface area contributed by atoms with Crippen LogP contribution in [0.25, 0.3) is 0 Å². The van der Waals surface area contributed by atoms with E-state index in [-0.39, 0.29) is 24.1 Å². The van der Waals surface area contributed by atoms with E-state index in [0.717, 1.165) is 5.76 Å². The highest BCUT2D eigenvalue weighted by Gasteiger charge is 2.58. The fraction of sp³-hybridized carbons (Fsp3) is 0.625. The molecule has 0 aliphatic carbocycles. The Morgan fingerprint density at radius 2 is 2.09 bits per heavy atom. The van der Waals surface area contributed by atoms with Gasteiger partial charge in [-0.3, -0.25) is 9.59 Å². The maximum absolute atomic E-state index is 12.6. The van der Waals surface area contributed by atoms with Crippen molar-refractivity contribution in [2.75, 3.05) is 47.3 Å². The minimum atomic E-state index is -0.844. The maximum Gasteiger partial charge on any atom is 0.313 e. The van der Waals surface area contributed by atoms with E-state index in [2.05, 4.69) is 0 Å². The van der Waals surface area contributed by atoms with Crippen LogP contribution in [0.3, 0.4) is 0 Å². The predicted octanol–water partition coefficient (Wildman–Crippen LogP) is 0.430. The molecule has 2 saturated heterocycles. The highest BCUT2D eigenvalue weighted by molar-refractivity contribution is 5.92. The van der Waals surface area contributed by atoms with E-state index < -0.39 is 11.4 Å². The zero-order chi connectivity index (χ0) is 16.8. The Bertz CT molecular complexity index is 627. The number of furan rings is 1. The molecule has 2 aliphatic rings. The molecule has 23 heavy (non-hydrogen) atoms. The lowest BCUT2D eigenvalue weighted by molar-refractivity contribution is -0.148.